The third kappa shape index (κ3) is 4.08. The van der Waals surface area contributed by atoms with Gasteiger partial charge < -0.3 is 19.7 Å². The van der Waals surface area contributed by atoms with Crippen LogP contribution in [0.15, 0.2) is 79.0 Å². The second kappa shape index (κ2) is 9.19. The molecule has 178 valence electrons. The topological polar surface area (TPSA) is 36.3 Å². The third-order valence-corrected chi connectivity index (χ3v) is 7.20. The molecule has 4 aromatic rings. The highest BCUT2D eigenvalue weighted by atomic mass is 32.1. The molecule has 0 unspecified atom stereocenters. The van der Waals surface area contributed by atoms with Crippen molar-refractivity contribution in [3.8, 4) is 5.69 Å². The minimum Gasteiger partial charge on any atom is -0.378 e. The lowest BCUT2D eigenvalue weighted by atomic mass is 9.96. The Bertz CT molecular complexity index is 1360. The molecule has 3 heterocycles. The van der Waals surface area contributed by atoms with E-state index >= 15 is 0 Å². The van der Waals surface area contributed by atoms with E-state index in [1.807, 2.05) is 18.3 Å². The minimum atomic E-state index is -0.0666. The summed E-state index contributed by atoms with van der Waals surface area (Å²) in [6.45, 7) is 6.55. The Morgan fingerprint density at radius 2 is 1.63 bits per heavy atom. The molecule has 0 radical (unpaired) electrons. The smallest absolute Gasteiger partial charge is 0.174 e. The second-order valence-corrected chi connectivity index (χ2v) is 9.74. The van der Waals surface area contributed by atoms with Crippen molar-refractivity contribution in [1.82, 2.24) is 14.9 Å². The van der Waals surface area contributed by atoms with E-state index in [-0.39, 0.29) is 12.1 Å². The van der Waals surface area contributed by atoms with Gasteiger partial charge in [-0.15, -0.1) is 0 Å². The van der Waals surface area contributed by atoms with Crippen molar-refractivity contribution in [2.24, 2.45) is 0 Å². The fraction of sp³-hybridized carbons (Fsp3) is 0.241. The van der Waals surface area contributed by atoms with Gasteiger partial charge in [0.2, 0.25) is 0 Å². The van der Waals surface area contributed by atoms with E-state index in [0.717, 1.165) is 17.1 Å². The Labute approximate surface area is 213 Å². The Balaban J connectivity index is 1.67. The van der Waals surface area contributed by atoms with Gasteiger partial charge in [-0.05, 0) is 92.6 Å². The highest BCUT2D eigenvalue weighted by Crippen LogP contribution is 2.44. The number of pyridine rings is 1. The van der Waals surface area contributed by atoms with Crippen LogP contribution in [0, 0.1) is 20.8 Å². The molecule has 5 rings (SSSR count). The van der Waals surface area contributed by atoms with E-state index in [0.29, 0.717) is 5.11 Å². The molecule has 6 heteroatoms. The summed E-state index contributed by atoms with van der Waals surface area (Å²) in [5.74, 6) is 0. The van der Waals surface area contributed by atoms with Crippen LogP contribution in [0.2, 0.25) is 0 Å². The summed E-state index contributed by atoms with van der Waals surface area (Å²) >= 11 is 5.93. The van der Waals surface area contributed by atoms with E-state index in [1.165, 1.54) is 28.2 Å². The van der Waals surface area contributed by atoms with Gasteiger partial charge in [-0.2, -0.15) is 0 Å². The molecular formula is C29H31N5S. The van der Waals surface area contributed by atoms with Crippen LogP contribution >= 0.6 is 12.2 Å². The SMILES string of the molecule is Cc1ccccc1-n1c(C)cc([C@H]2[C@@H](c3ccccn3)NC(=S)N2c2ccc(N(C)C)cc2)c1C. The highest BCUT2D eigenvalue weighted by Gasteiger charge is 2.42. The molecule has 0 amide bonds. The molecule has 5 nitrogen and oxygen atoms in total. The number of nitrogens with zero attached hydrogens (tertiary/aromatic N) is 4. The van der Waals surface area contributed by atoms with Crippen LogP contribution in [0.3, 0.4) is 0 Å². The zero-order chi connectivity index (χ0) is 24.7. The summed E-state index contributed by atoms with van der Waals surface area (Å²) in [7, 11) is 4.11. The number of hydrogen-bond donors (Lipinski definition) is 1. The summed E-state index contributed by atoms with van der Waals surface area (Å²) in [5.41, 5.74) is 9.31. The molecule has 1 saturated heterocycles. The van der Waals surface area contributed by atoms with Gasteiger partial charge in [0.1, 0.15) is 0 Å². The van der Waals surface area contributed by atoms with E-state index < -0.39 is 0 Å². The lowest BCUT2D eigenvalue weighted by molar-refractivity contribution is 0.565. The molecule has 0 saturated carbocycles. The first kappa shape index (κ1) is 23.1. The van der Waals surface area contributed by atoms with Crippen molar-refractivity contribution in [2.75, 3.05) is 23.9 Å². The van der Waals surface area contributed by atoms with Gasteiger partial charge in [-0.3, -0.25) is 4.98 Å². The first-order chi connectivity index (χ1) is 16.9. The fourth-order valence-corrected chi connectivity index (χ4v) is 5.48. The van der Waals surface area contributed by atoms with Crippen LogP contribution in [0.4, 0.5) is 11.4 Å². The lowest BCUT2D eigenvalue weighted by Gasteiger charge is -2.28. The molecule has 2 atom stereocenters. The van der Waals surface area contributed by atoms with E-state index in [2.05, 4.69) is 115 Å². The van der Waals surface area contributed by atoms with Crippen molar-refractivity contribution in [2.45, 2.75) is 32.9 Å². The van der Waals surface area contributed by atoms with Crippen molar-refractivity contribution in [1.29, 1.82) is 0 Å². The Hall–Kier alpha value is -3.64. The maximum Gasteiger partial charge on any atom is 0.174 e. The number of thiocarbonyl (C=S) groups is 1. The van der Waals surface area contributed by atoms with Gasteiger partial charge in [-0.25, -0.2) is 0 Å². The van der Waals surface area contributed by atoms with Crippen molar-refractivity contribution in [3.63, 3.8) is 0 Å². The van der Waals surface area contributed by atoms with Gasteiger partial charge in [0.05, 0.1) is 17.8 Å². The first-order valence-corrected chi connectivity index (χ1v) is 12.3. The second-order valence-electron chi connectivity index (χ2n) is 9.36. The Kier molecular flexibility index (Phi) is 6.07. The van der Waals surface area contributed by atoms with Crippen LogP contribution in [0.25, 0.3) is 5.69 Å². The zero-order valence-corrected chi connectivity index (χ0v) is 21.7. The molecule has 1 fully saturated rings. The van der Waals surface area contributed by atoms with E-state index in [9.17, 15) is 0 Å². The Morgan fingerprint density at radius 3 is 2.29 bits per heavy atom. The van der Waals surface area contributed by atoms with Gasteiger partial charge in [0.15, 0.2) is 5.11 Å². The summed E-state index contributed by atoms with van der Waals surface area (Å²) in [5, 5.41) is 4.30. The number of para-hydroxylation sites is 1. The monoisotopic (exact) mass is 481 g/mol. The summed E-state index contributed by atoms with van der Waals surface area (Å²) < 4.78 is 2.36. The van der Waals surface area contributed by atoms with Crippen LogP contribution in [-0.2, 0) is 0 Å². The number of aromatic nitrogens is 2. The number of hydrogen-bond acceptors (Lipinski definition) is 3. The Morgan fingerprint density at radius 1 is 0.914 bits per heavy atom. The molecule has 2 aromatic heterocycles. The van der Waals surface area contributed by atoms with Gasteiger partial charge in [0.25, 0.3) is 0 Å². The summed E-state index contributed by atoms with van der Waals surface area (Å²) in [6, 6.07) is 25.4. The van der Waals surface area contributed by atoms with Crippen LogP contribution in [-0.4, -0.2) is 28.8 Å². The average Bonchev–Trinajstić information content (AvgIpc) is 3.35. The summed E-state index contributed by atoms with van der Waals surface area (Å²) in [6.07, 6.45) is 1.85. The average molecular weight is 482 g/mol. The van der Waals surface area contributed by atoms with Crippen LogP contribution in [0.5, 0.6) is 0 Å². The number of rotatable bonds is 5. The first-order valence-electron chi connectivity index (χ1n) is 11.9. The number of aryl methyl sites for hydroxylation is 2. The maximum atomic E-state index is 5.93. The largest absolute Gasteiger partial charge is 0.378 e. The number of anilines is 2. The van der Waals surface area contributed by atoms with Crippen LogP contribution in [0.1, 0.15) is 40.3 Å². The van der Waals surface area contributed by atoms with E-state index in [4.69, 9.17) is 17.2 Å². The van der Waals surface area contributed by atoms with E-state index in [1.54, 1.807) is 0 Å². The standard InChI is InChI=1S/C29H31N5S/c1-19-10-6-7-12-26(19)33-20(2)18-24(21(33)3)28-27(25-11-8-9-17-30-25)31-29(35)34(28)23-15-13-22(14-16-23)32(4)5/h6-18,27-28H,1-5H3,(H,31,35)/t27-,28+/m1/s1. The quantitative estimate of drug-likeness (QED) is 0.352. The van der Waals surface area contributed by atoms with Crippen molar-refractivity contribution < 1.29 is 0 Å². The van der Waals surface area contributed by atoms with Crippen LogP contribution < -0.4 is 15.1 Å². The summed E-state index contributed by atoms with van der Waals surface area (Å²) in [4.78, 5) is 9.06. The molecular weight excluding hydrogens is 450 g/mol. The predicted molar refractivity (Wildman–Crippen MR) is 149 cm³/mol. The van der Waals surface area contributed by atoms with Crippen molar-refractivity contribution in [3.05, 3.63) is 107 Å². The van der Waals surface area contributed by atoms with Gasteiger partial charge >= 0.3 is 0 Å². The minimum absolute atomic E-state index is 0.0356. The lowest BCUT2D eigenvalue weighted by Crippen LogP contribution is -2.29. The molecule has 2 aromatic carbocycles. The zero-order valence-electron chi connectivity index (χ0n) is 20.9. The van der Waals surface area contributed by atoms with Crippen molar-refractivity contribution >= 4 is 28.7 Å². The molecule has 0 bridgehead atoms. The van der Waals surface area contributed by atoms with Gasteiger partial charge in [0, 0.05) is 48.7 Å². The highest BCUT2D eigenvalue weighted by molar-refractivity contribution is 7.80. The molecule has 1 aliphatic rings. The number of benzene rings is 2. The molecule has 0 spiro atoms. The molecule has 1 N–H and O–H groups in total. The normalized spacial score (nSPS) is 17.5. The fourth-order valence-electron chi connectivity index (χ4n) is 5.13. The third-order valence-electron chi connectivity index (χ3n) is 6.89. The van der Waals surface area contributed by atoms with Gasteiger partial charge in [-0.1, -0.05) is 24.3 Å². The number of nitrogens with one attached hydrogen (secondary N) is 1. The molecule has 1 aliphatic heterocycles. The maximum absolute atomic E-state index is 5.93. The molecule has 35 heavy (non-hydrogen) atoms. The molecule has 0 aliphatic carbocycles. The predicted octanol–water partition coefficient (Wildman–Crippen LogP) is 6.04.